The van der Waals surface area contributed by atoms with Gasteiger partial charge >= 0.3 is 0 Å². The maximum atomic E-state index is 12.2. The molecular weight excluding hydrogens is 426 g/mol. The number of rotatable bonds is 5. The molecule has 0 saturated carbocycles. The number of halogens is 1. The molecular formula is C25H26ClN3O3. The number of carbonyl (C=O) groups is 2. The summed E-state index contributed by atoms with van der Waals surface area (Å²) in [5.74, 6) is -0.858. The standard InChI is InChI=1S/C25H26ClN3O3/c1-4-20(31)28-18-7-5-6-14(13(18)2)21-17(26)10-16(24(27)32)23-22(21)15-8-9-25(3,12-30)11-19(15)29-23/h4-7,10,29-30H,1,8-9,11-12H2,2-3H3,(H2,27,32)(H,28,31)/t25-/m1/s1. The van der Waals surface area contributed by atoms with E-state index in [2.05, 4.69) is 23.8 Å². The number of H-pyrrole nitrogens is 1. The Hall–Kier alpha value is -3.09. The highest BCUT2D eigenvalue weighted by Crippen LogP contribution is 2.46. The molecule has 4 rings (SSSR count). The van der Waals surface area contributed by atoms with E-state index in [0.29, 0.717) is 28.2 Å². The van der Waals surface area contributed by atoms with Gasteiger partial charge in [-0.15, -0.1) is 0 Å². The van der Waals surface area contributed by atoms with Gasteiger partial charge in [0.15, 0.2) is 0 Å². The van der Waals surface area contributed by atoms with Gasteiger partial charge in [-0.2, -0.15) is 0 Å². The normalized spacial score (nSPS) is 17.8. The quantitative estimate of drug-likeness (QED) is 0.428. The highest BCUT2D eigenvalue weighted by Gasteiger charge is 2.33. The second-order valence-electron chi connectivity index (χ2n) is 8.79. The fourth-order valence-corrected chi connectivity index (χ4v) is 4.95. The van der Waals surface area contributed by atoms with Crippen LogP contribution in [0.4, 0.5) is 5.69 Å². The van der Waals surface area contributed by atoms with Crippen LogP contribution < -0.4 is 11.1 Å². The highest BCUT2D eigenvalue weighted by atomic mass is 35.5. The van der Waals surface area contributed by atoms with Crippen LogP contribution in [-0.4, -0.2) is 28.5 Å². The number of carbonyl (C=O) groups excluding carboxylic acids is 2. The van der Waals surface area contributed by atoms with E-state index in [9.17, 15) is 14.7 Å². The van der Waals surface area contributed by atoms with Crippen LogP contribution in [0.15, 0.2) is 36.9 Å². The van der Waals surface area contributed by atoms with Crippen LogP contribution in [0.1, 0.15) is 40.5 Å². The minimum absolute atomic E-state index is 0.0856. The Balaban J connectivity index is 2.02. The second-order valence-corrected chi connectivity index (χ2v) is 9.20. The van der Waals surface area contributed by atoms with Gasteiger partial charge in [0.05, 0.1) is 11.1 Å². The Morgan fingerprint density at radius 1 is 1.41 bits per heavy atom. The maximum absolute atomic E-state index is 12.2. The van der Waals surface area contributed by atoms with Gasteiger partial charge in [0.2, 0.25) is 5.91 Å². The van der Waals surface area contributed by atoms with E-state index >= 15 is 0 Å². The van der Waals surface area contributed by atoms with E-state index in [1.54, 1.807) is 6.07 Å². The predicted octanol–water partition coefficient (Wildman–Crippen LogP) is 4.51. The molecule has 0 unspecified atom stereocenters. The number of benzene rings is 2. The Morgan fingerprint density at radius 2 is 2.16 bits per heavy atom. The third kappa shape index (κ3) is 3.59. The zero-order valence-corrected chi connectivity index (χ0v) is 18.9. The van der Waals surface area contributed by atoms with Crippen LogP contribution in [0, 0.1) is 12.3 Å². The maximum Gasteiger partial charge on any atom is 0.250 e. The summed E-state index contributed by atoms with van der Waals surface area (Å²) in [6.45, 7) is 7.57. The average Bonchev–Trinajstić information content (AvgIpc) is 3.12. The number of fused-ring (bicyclic) bond motifs is 3. The summed E-state index contributed by atoms with van der Waals surface area (Å²) in [6.07, 6.45) is 3.44. The Bertz CT molecular complexity index is 1280. The number of anilines is 1. The SMILES string of the molecule is C=CC(=O)Nc1cccc(-c2c(Cl)cc(C(N)=O)c3[nH]c4c(c23)CC[C@@](C)(CO)C4)c1C. The Labute approximate surface area is 191 Å². The summed E-state index contributed by atoms with van der Waals surface area (Å²) in [5, 5.41) is 14.0. The molecule has 2 amide bonds. The third-order valence-electron chi connectivity index (χ3n) is 6.50. The number of hydrogen-bond acceptors (Lipinski definition) is 3. The largest absolute Gasteiger partial charge is 0.396 e. The Kier molecular flexibility index (Phi) is 5.61. The first-order chi connectivity index (χ1) is 15.2. The fourth-order valence-electron chi connectivity index (χ4n) is 4.65. The minimum Gasteiger partial charge on any atom is -0.396 e. The van der Waals surface area contributed by atoms with Gasteiger partial charge in [-0.3, -0.25) is 9.59 Å². The van der Waals surface area contributed by atoms with Crippen LogP contribution in [0.25, 0.3) is 22.0 Å². The summed E-state index contributed by atoms with van der Waals surface area (Å²) < 4.78 is 0. The molecule has 1 heterocycles. The number of nitrogens with two attached hydrogens (primary N) is 1. The zero-order valence-electron chi connectivity index (χ0n) is 18.1. The molecule has 7 heteroatoms. The topological polar surface area (TPSA) is 108 Å². The van der Waals surface area contributed by atoms with Crippen molar-refractivity contribution in [2.45, 2.75) is 33.1 Å². The van der Waals surface area contributed by atoms with Gasteiger partial charge in [0.1, 0.15) is 0 Å². The molecule has 0 fully saturated rings. The number of aryl methyl sites for hydroxylation is 1. The molecule has 0 saturated heterocycles. The summed E-state index contributed by atoms with van der Waals surface area (Å²) in [7, 11) is 0. The lowest BCUT2D eigenvalue weighted by atomic mass is 9.75. The molecule has 166 valence electrons. The van der Waals surface area contributed by atoms with E-state index in [1.165, 1.54) is 6.08 Å². The van der Waals surface area contributed by atoms with Crippen molar-refractivity contribution in [3.05, 3.63) is 64.3 Å². The number of aliphatic hydroxyl groups excluding tert-OH is 1. The monoisotopic (exact) mass is 451 g/mol. The number of primary amides is 1. The molecule has 1 aromatic heterocycles. The van der Waals surface area contributed by atoms with E-state index < -0.39 is 5.91 Å². The molecule has 6 nitrogen and oxygen atoms in total. The van der Waals surface area contributed by atoms with Gasteiger partial charge in [0.25, 0.3) is 5.91 Å². The summed E-state index contributed by atoms with van der Waals surface area (Å²) >= 11 is 6.76. The Morgan fingerprint density at radius 3 is 2.81 bits per heavy atom. The minimum atomic E-state index is -0.560. The molecule has 0 spiro atoms. The smallest absolute Gasteiger partial charge is 0.250 e. The number of aliphatic hydroxyl groups is 1. The van der Waals surface area contributed by atoms with Crippen molar-refractivity contribution in [1.82, 2.24) is 4.98 Å². The molecule has 0 aliphatic heterocycles. The van der Waals surface area contributed by atoms with Crippen LogP contribution in [0.2, 0.25) is 5.02 Å². The van der Waals surface area contributed by atoms with Crippen molar-refractivity contribution in [1.29, 1.82) is 0 Å². The number of amides is 2. The molecule has 32 heavy (non-hydrogen) atoms. The number of hydrogen-bond donors (Lipinski definition) is 4. The van der Waals surface area contributed by atoms with Crippen molar-refractivity contribution >= 4 is 40.0 Å². The number of nitrogens with one attached hydrogen (secondary N) is 2. The first-order valence-electron chi connectivity index (χ1n) is 10.5. The molecule has 1 aliphatic rings. The summed E-state index contributed by atoms with van der Waals surface area (Å²) in [6, 6.07) is 7.22. The van der Waals surface area contributed by atoms with Crippen LogP contribution in [-0.2, 0) is 17.6 Å². The predicted molar refractivity (Wildman–Crippen MR) is 128 cm³/mol. The molecule has 1 atom stereocenters. The second kappa shape index (κ2) is 8.11. The average molecular weight is 452 g/mol. The van der Waals surface area contributed by atoms with Crippen molar-refractivity contribution in [2.75, 3.05) is 11.9 Å². The zero-order chi connectivity index (χ0) is 23.2. The van der Waals surface area contributed by atoms with Gasteiger partial charge in [-0.05, 0) is 66.5 Å². The lowest BCUT2D eigenvalue weighted by molar-refractivity contribution is -0.111. The molecule has 1 aliphatic carbocycles. The highest BCUT2D eigenvalue weighted by molar-refractivity contribution is 6.36. The molecule has 0 bridgehead atoms. The van der Waals surface area contributed by atoms with Crippen molar-refractivity contribution < 1.29 is 14.7 Å². The van der Waals surface area contributed by atoms with Gasteiger partial charge in [-0.1, -0.05) is 37.2 Å². The van der Waals surface area contributed by atoms with E-state index in [1.807, 2.05) is 25.1 Å². The van der Waals surface area contributed by atoms with Gasteiger partial charge in [0, 0.05) is 34.0 Å². The first-order valence-corrected chi connectivity index (χ1v) is 10.9. The van der Waals surface area contributed by atoms with E-state index in [-0.39, 0.29) is 17.9 Å². The summed E-state index contributed by atoms with van der Waals surface area (Å²) in [4.78, 5) is 27.5. The number of aromatic amines is 1. The lowest BCUT2D eigenvalue weighted by Crippen LogP contribution is -2.29. The number of aromatic nitrogens is 1. The van der Waals surface area contributed by atoms with Crippen LogP contribution in [0.3, 0.4) is 0 Å². The van der Waals surface area contributed by atoms with E-state index in [4.69, 9.17) is 17.3 Å². The summed E-state index contributed by atoms with van der Waals surface area (Å²) in [5.41, 5.74) is 11.7. The van der Waals surface area contributed by atoms with Crippen LogP contribution in [0.5, 0.6) is 0 Å². The fraction of sp³-hybridized carbons (Fsp3) is 0.280. The van der Waals surface area contributed by atoms with Gasteiger partial charge in [-0.25, -0.2) is 0 Å². The van der Waals surface area contributed by atoms with E-state index in [0.717, 1.165) is 46.2 Å². The molecule has 3 aromatic rings. The molecule has 0 radical (unpaired) electrons. The van der Waals surface area contributed by atoms with Gasteiger partial charge < -0.3 is 21.1 Å². The first kappa shape index (κ1) is 22.1. The molecule has 5 N–H and O–H groups in total. The van der Waals surface area contributed by atoms with Crippen molar-refractivity contribution in [3.8, 4) is 11.1 Å². The van der Waals surface area contributed by atoms with Crippen molar-refractivity contribution in [3.63, 3.8) is 0 Å². The molecule has 2 aromatic carbocycles. The van der Waals surface area contributed by atoms with Crippen LogP contribution >= 0.6 is 11.6 Å². The third-order valence-corrected chi connectivity index (χ3v) is 6.79. The van der Waals surface area contributed by atoms with Crippen molar-refractivity contribution in [2.24, 2.45) is 11.1 Å². The lowest BCUT2D eigenvalue weighted by Gasteiger charge is -2.31.